The lowest BCUT2D eigenvalue weighted by molar-refractivity contribution is -0.147. The number of hydrogen-bond donors (Lipinski definition) is 0. The van der Waals surface area contributed by atoms with Gasteiger partial charge in [-0.05, 0) is 38.1 Å². The fraction of sp³-hybridized carbons (Fsp3) is 0.538. The number of likely N-dealkylation sites (tertiary alicyclic amines) is 1. The summed E-state index contributed by atoms with van der Waals surface area (Å²) in [6, 6.07) is 5.65. The lowest BCUT2D eigenvalue weighted by atomic mass is 9.97. The molecule has 1 aliphatic rings. The van der Waals surface area contributed by atoms with Crippen LogP contribution in [0.25, 0.3) is 0 Å². The van der Waals surface area contributed by atoms with E-state index in [1.54, 1.807) is 6.07 Å². The Bertz CT molecular complexity index is 417. The first kappa shape index (κ1) is 13.3. The van der Waals surface area contributed by atoms with Crippen molar-refractivity contribution in [2.45, 2.75) is 19.4 Å². The maximum Gasteiger partial charge on any atom is 0.308 e. The summed E-state index contributed by atoms with van der Waals surface area (Å²) in [6.07, 6.45) is 1.71. The number of carbonyl (C=O) groups excluding carboxylic acids is 1. The summed E-state index contributed by atoms with van der Waals surface area (Å²) in [5.74, 6) is -0.0332. The first-order chi connectivity index (χ1) is 8.69. The molecule has 2 heterocycles. The van der Waals surface area contributed by atoms with Crippen LogP contribution in [0.1, 0.15) is 18.5 Å². The number of aromatic nitrogens is 1. The predicted octanol–water partition coefficient (Wildman–Crippen LogP) is 2.12. The van der Waals surface area contributed by atoms with Crippen LogP contribution < -0.4 is 0 Å². The number of piperidine rings is 1. The molecule has 0 N–H and O–H groups in total. The normalized spacial score (nSPS) is 17.7. The van der Waals surface area contributed by atoms with Crippen LogP contribution >= 0.6 is 11.6 Å². The van der Waals surface area contributed by atoms with E-state index in [9.17, 15) is 4.79 Å². The topological polar surface area (TPSA) is 42.4 Å². The first-order valence-electron chi connectivity index (χ1n) is 6.10. The number of carbonyl (C=O) groups is 1. The fourth-order valence-electron chi connectivity index (χ4n) is 2.26. The molecular weight excluding hydrogens is 252 g/mol. The standard InChI is InChI=1S/C13H17ClN2O2/c1-18-13(17)10-5-7-16(8-6-10)9-11-3-2-4-12(14)15-11/h2-4,10H,5-9H2,1H3. The molecule has 1 aliphatic heterocycles. The zero-order valence-electron chi connectivity index (χ0n) is 10.4. The van der Waals surface area contributed by atoms with Gasteiger partial charge >= 0.3 is 5.97 Å². The third-order valence-corrected chi connectivity index (χ3v) is 3.49. The lowest BCUT2D eigenvalue weighted by Crippen LogP contribution is -2.36. The smallest absolute Gasteiger partial charge is 0.308 e. The van der Waals surface area contributed by atoms with Crippen molar-refractivity contribution in [1.82, 2.24) is 9.88 Å². The molecule has 4 nitrogen and oxygen atoms in total. The summed E-state index contributed by atoms with van der Waals surface area (Å²) in [7, 11) is 1.45. The van der Waals surface area contributed by atoms with E-state index < -0.39 is 0 Å². The second-order valence-electron chi connectivity index (χ2n) is 4.53. The number of pyridine rings is 1. The van der Waals surface area contributed by atoms with Crippen molar-refractivity contribution in [2.75, 3.05) is 20.2 Å². The molecule has 1 aromatic rings. The van der Waals surface area contributed by atoms with E-state index in [1.807, 2.05) is 12.1 Å². The van der Waals surface area contributed by atoms with Gasteiger partial charge in [0.05, 0.1) is 18.7 Å². The molecule has 0 amide bonds. The van der Waals surface area contributed by atoms with Crippen LogP contribution in [0.2, 0.25) is 5.15 Å². The average molecular weight is 269 g/mol. The lowest BCUT2D eigenvalue weighted by Gasteiger charge is -2.30. The van der Waals surface area contributed by atoms with Crippen LogP contribution in [0.15, 0.2) is 18.2 Å². The summed E-state index contributed by atoms with van der Waals surface area (Å²) < 4.78 is 4.77. The van der Waals surface area contributed by atoms with Gasteiger partial charge in [0.15, 0.2) is 0 Å². The molecule has 0 radical (unpaired) electrons. The SMILES string of the molecule is COC(=O)C1CCN(Cc2cccc(Cl)n2)CC1. The number of hydrogen-bond acceptors (Lipinski definition) is 4. The third kappa shape index (κ3) is 3.43. The van der Waals surface area contributed by atoms with Crippen LogP contribution in [0.4, 0.5) is 0 Å². The number of esters is 1. The highest BCUT2D eigenvalue weighted by Crippen LogP contribution is 2.20. The van der Waals surface area contributed by atoms with Gasteiger partial charge in [0, 0.05) is 6.54 Å². The highest BCUT2D eigenvalue weighted by Gasteiger charge is 2.25. The van der Waals surface area contributed by atoms with Gasteiger partial charge in [-0.15, -0.1) is 0 Å². The van der Waals surface area contributed by atoms with Crippen molar-refractivity contribution in [3.05, 3.63) is 29.0 Å². The zero-order valence-corrected chi connectivity index (χ0v) is 11.2. The molecule has 2 rings (SSSR count). The molecule has 0 saturated carbocycles. The molecule has 1 saturated heterocycles. The van der Waals surface area contributed by atoms with Gasteiger partial charge in [-0.25, -0.2) is 4.98 Å². The molecule has 1 aromatic heterocycles. The minimum atomic E-state index is -0.0875. The minimum absolute atomic E-state index is 0.0542. The monoisotopic (exact) mass is 268 g/mol. The first-order valence-corrected chi connectivity index (χ1v) is 6.48. The van der Waals surface area contributed by atoms with Crippen LogP contribution in [0, 0.1) is 5.92 Å². The predicted molar refractivity (Wildman–Crippen MR) is 69.3 cm³/mol. The highest BCUT2D eigenvalue weighted by molar-refractivity contribution is 6.29. The Kier molecular flexibility index (Phi) is 4.55. The highest BCUT2D eigenvalue weighted by atomic mass is 35.5. The molecule has 0 aromatic carbocycles. The summed E-state index contributed by atoms with van der Waals surface area (Å²) in [5, 5.41) is 0.525. The Morgan fingerprint density at radius 3 is 2.83 bits per heavy atom. The van der Waals surface area contributed by atoms with Crippen LogP contribution in [0.5, 0.6) is 0 Å². The molecule has 98 valence electrons. The Morgan fingerprint density at radius 2 is 2.22 bits per heavy atom. The van der Waals surface area contributed by atoms with Gasteiger partial charge in [-0.1, -0.05) is 17.7 Å². The number of methoxy groups -OCH3 is 1. The Labute approximate surface area is 112 Å². The summed E-state index contributed by atoms with van der Waals surface area (Å²) >= 11 is 5.86. The molecule has 18 heavy (non-hydrogen) atoms. The van der Waals surface area contributed by atoms with E-state index in [0.29, 0.717) is 5.15 Å². The number of rotatable bonds is 3. The maximum absolute atomic E-state index is 11.4. The van der Waals surface area contributed by atoms with Crippen molar-refractivity contribution in [3.8, 4) is 0 Å². The molecule has 5 heteroatoms. The quantitative estimate of drug-likeness (QED) is 0.622. The second-order valence-corrected chi connectivity index (χ2v) is 4.91. The number of halogens is 1. The second kappa shape index (κ2) is 6.16. The van der Waals surface area contributed by atoms with Crippen LogP contribution in [-0.4, -0.2) is 36.1 Å². The van der Waals surface area contributed by atoms with E-state index in [1.165, 1.54) is 7.11 Å². The summed E-state index contributed by atoms with van der Waals surface area (Å²) in [6.45, 7) is 2.58. The van der Waals surface area contributed by atoms with E-state index in [4.69, 9.17) is 16.3 Å². The van der Waals surface area contributed by atoms with E-state index in [-0.39, 0.29) is 11.9 Å². The molecule has 1 fully saturated rings. The van der Waals surface area contributed by atoms with Crippen molar-refractivity contribution < 1.29 is 9.53 Å². The molecule has 0 aliphatic carbocycles. The van der Waals surface area contributed by atoms with Gasteiger partial charge in [-0.2, -0.15) is 0 Å². The van der Waals surface area contributed by atoms with E-state index >= 15 is 0 Å². The Hall–Kier alpha value is -1.13. The maximum atomic E-state index is 11.4. The van der Waals surface area contributed by atoms with Crippen molar-refractivity contribution in [1.29, 1.82) is 0 Å². The van der Waals surface area contributed by atoms with Gasteiger partial charge in [0.25, 0.3) is 0 Å². The van der Waals surface area contributed by atoms with Crippen molar-refractivity contribution in [3.63, 3.8) is 0 Å². The molecule has 0 bridgehead atoms. The van der Waals surface area contributed by atoms with Gasteiger partial charge in [0.1, 0.15) is 5.15 Å². The molecule has 0 spiro atoms. The van der Waals surface area contributed by atoms with Crippen molar-refractivity contribution in [2.24, 2.45) is 5.92 Å². The molecular formula is C13H17ClN2O2. The fourth-order valence-corrected chi connectivity index (χ4v) is 2.44. The summed E-state index contributed by atoms with van der Waals surface area (Å²) in [5.41, 5.74) is 0.971. The van der Waals surface area contributed by atoms with Gasteiger partial charge < -0.3 is 4.74 Å². The summed E-state index contributed by atoms with van der Waals surface area (Å²) in [4.78, 5) is 18.0. The molecule has 0 atom stereocenters. The molecule has 0 unspecified atom stereocenters. The largest absolute Gasteiger partial charge is 0.469 e. The van der Waals surface area contributed by atoms with E-state index in [0.717, 1.165) is 38.2 Å². The number of nitrogens with zero attached hydrogens (tertiary/aromatic N) is 2. The van der Waals surface area contributed by atoms with E-state index in [2.05, 4.69) is 9.88 Å². The van der Waals surface area contributed by atoms with Gasteiger partial charge in [0.2, 0.25) is 0 Å². The van der Waals surface area contributed by atoms with Crippen LogP contribution in [0.3, 0.4) is 0 Å². The Morgan fingerprint density at radius 1 is 1.50 bits per heavy atom. The third-order valence-electron chi connectivity index (χ3n) is 3.28. The van der Waals surface area contributed by atoms with Crippen molar-refractivity contribution >= 4 is 17.6 Å². The average Bonchev–Trinajstić information content (AvgIpc) is 2.39. The Balaban J connectivity index is 1.85. The van der Waals surface area contributed by atoms with Crippen LogP contribution in [-0.2, 0) is 16.1 Å². The number of ether oxygens (including phenoxy) is 1. The zero-order chi connectivity index (χ0) is 13.0. The van der Waals surface area contributed by atoms with Gasteiger partial charge in [-0.3, -0.25) is 9.69 Å². The minimum Gasteiger partial charge on any atom is -0.469 e.